The van der Waals surface area contributed by atoms with E-state index in [4.69, 9.17) is 9.15 Å². The van der Waals surface area contributed by atoms with Gasteiger partial charge in [-0.05, 0) is 44.2 Å². The van der Waals surface area contributed by atoms with Crippen LogP contribution >= 0.6 is 0 Å². The van der Waals surface area contributed by atoms with Gasteiger partial charge in [0.05, 0.1) is 23.3 Å². The lowest BCUT2D eigenvalue weighted by atomic mass is 10.2. The Labute approximate surface area is 170 Å². The molecule has 1 aromatic heterocycles. The van der Waals surface area contributed by atoms with Crippen molar-refractivity contribution in [2.75, 3.05) is 19.7 Å². The number of nitrogens with zero attached hydrogens (tertiary/aromatic N) is 1. The molecule has 1 N–H and O–H groups in total. The highest BCUT2D eigenvalue weighted by Crippen LogP contribution is 2.13. The molecule has 0 aliphatic carbocycles. The van der Waals surface area contributed by atoms with Gasteiger partial charge in [0.1, 0.15) is 5.76 Å². The predicted molar refractivity (Wildman–Crippen MR) is 107 cm³/mol. The molecule has 156 valence electrons. The van der Waals surface area contributed by atoms with Crippen molar-refractivity contribution in [1.82, 2.24) is 9.62 Å². The molecule has 9 heteroatoms. The minimum atomic E-state index is -3.86. The second-order valence-electron chi connectivity index (χ2n) is 6.37. The van der Waals surface area contributed by atoms with Crippen LogP contribution in [0.15, 0.2) is 64.1 Å². The molecule has 0 fully saturated rings. The van der Waals surface area contributed by atoms with E-state index < -0.39 is 22.6 Å². The van der Waals surface area contributed by atoms with E-state index in [-0.39, 0.29) is 22.9 Å². The van der Waals surface area contributed by atoms with Gasteiger partial charge < -0.3 is 14.1 Å². The number of hydrogen-bond donors (Lipinski definition) is 1. The SMILES string of the molecule is C=C(C)CN(CC)C(=O)COC(=O)c1cccc(S(=O)(=O)NCc2ccco2)c1. The van der Waals surface area contributed by atoms with E-state index in [1.54, 1.807) is 19.1 Å². The molecular weight excluding hydrogens is 396 g/mol. The van der Waals surface area contributed by atoms with Crippen LogP contribution in [0.5, 0.6) is 0 Å². The third kappa shape index (κ3) is 6.58. The Morgan fingerprint density at radius 1 is 1.24 bits per heavy atom. The number of carbonyl (C=O) groups excluding carboxylic acids is 2. The summed E-state index contributed by atoms with van der Waals surface area (Å²) in [4.78, 5) is 25.8. The highest BCUT2D eigenvalue weighted by molar-refractivity contribution is 7.89. The summed E-state index contributed by atoms with van der Waals surface area (Å²) in [6.45, 7) is 7.75. The van der Waals surface area contributed by atoms with Gasteiger partial charge in [-0.1, -0.05) is 18.2 Å². The molecule has 0 atom stereocenters. The van der Waals surface area contributed by atoms with Crippen LogP contribution in [0.1, 0.15) is 30.0 Å². The minimum Gasteiger partial charge on any atom is -0.468 e. The maximum absolute atomic E-state index is 12.4. The summed E-state index contributed by atoms with van der Waals surface area (Å²) in [6, 6.07) is 8.70. The fourth-order valence-corrected chi connectivity index (χ4v) is 3.50. The molecule has 29 heavy (non-hydrogen) atoms. The van der Waals surface area contributed by atoms with Crippen LogP contribution in [0.25, 0.3) is 0 Å². The highest BCUT2D eigenvalue weighted by atomic mass is 32.2. The van der Waals surface area contributed by atoms with Gasteiger partial charge >= 0.3 is 5.97 Å². The van der Waals surface area contributed by atoms with Crippen molar-refractivity contribution in [3.8, 4) is 0 Å². The molecule has 0 spiro atoms. The van der Waals surface area contributed by atoms with Crippen LogP contribution in [-0.4, -0.2) is 44.9 Å². The predicted octanol–water partition coefficient (Wildman–Crippen LogP) is 2.34. The first-order valence-electron chi connectivity index (χ1n) is 8.94. The van der Waals surface area contributed by atoms with Crippen molar-refractivity contribution < 1.29 is 27.2 Å². The first-order chi connectivity index (χ1) is 13.7. The fourth-order valence-electron chi connectivity index (χ4n) is 2.46. The number of sulfonamides is 1. The summed E-state index contributed by atoms with van der Waals surface area (Å²) in [5, 5.41) is 0. The monoisotopic (exact) mass is 420 g/mol. The maximum atomic E-state index is 12.4. The van der Waals surface area contributed by atoms with Crippen molar-refractivity contribution in [3.05, 3.63) is 66.1 Å². The standard InChI is InChI=1S/C20H24N2O6S/c1-4-22(13-15(2)3)19(23)14-28-20(24)16-7-5-9-18(11-16)29(25,26)21-12-17-8-6-10-27-17/h5-11,21H,2,4,12-14H2,1,3H3. The Morgan fingerprint density at radius 3 is 2.62 bits per heavy atom. The largest absolute Gasteiger partial charge is 0.468 e. The van der Waals surface area contributed by atoms with Crippen molar-refractivity contribution in [2.24, 2.45) is 0 Å². The molecule has 0 bridgehead atoms. The summed E-state index contributed by atoms with van der Waals surface area (Å²) in [5.74, 6) is -0.682. The van der Waals surface area contributed by atoms with E-state index in [0.717, 1.165) is 5.57 Å². The highest BCUT2D eigenvalue weighted by Gasteiger charge is 2.19. The van der Waals surface area contributed by atoms with Gasteiger partial charge in [-0.3, -0.25) is 4.79 Å². The molecule has 8 nitrogen and oxygen atoms in total. The molecular formula is C20H24N2O6S. The third-order valence-electron chi connectivity index (χ3n) is 3.92. The van der Waals surface area contributed by atoms with Crippen molar-refractivity contribution in [1.29, 1.82) is 0 Å². The Bertz CT molecular complexity index is 967. The summed E-state index contributed by atoms with van der Waals surface area (Å²) in [5.41, 5.74) is 0.841. The smallest absolute Gasteiger partial charge is 0.338 e. The Balaban J connectivity index is 2.01. The molecule has 0 radical (unpaired) electrons. The molecule has 1 heterocycles. The molecule has 0 saturated heterocycles. The van der Waals surface area contributed by atoms with Crippen LogP contribution in [-0.2, 0) is 26.1 Å². The minimum absolute atomic E-state index is 0.0198. The topological polar surface area (TPSA) is 106 Å². The molecule has 0 aliphatic heterocycles. The summed E-state index contributed by atoms with van der Waals surface area (Å²) in [6.07, 6.45) is 1.44. The van der Waals surface area contributed by atoms with Crippen molar-refractivity contribution in [2.45, 2.75) is 25.3 Å². The molecule has 0 aliphatic rings. The third-order valence-corrected chi connectivity index (χ3v) is 5.32. The van der Waals surface area contributed by atoms with Gasteiger partial charge in [0.25, 0.3) is 5.91 Å². The number of benzene rings is 1. The molecule has 1 aromatic carbocycles. The van der Waals surface area contributed by atoms with E-state index in [2.05, 4.69) is 11.3 Å². The Kier molecular flexibility index (Phi) is 7.74. The van der Waals surface area contributed by atoms with Crippen molar-refractivity contribution >= 4 is 21.9 Å². The first kappa shape index (κ1) is 22.4. The van der Waals surface area contributed by atoms with Gasteiger partial charge in [0, 0.05) is 13.1 Å². The molecule has 0 unspecified atom stereocenters. The Morgan fingerprint density at radius 2 is 2.00 bits per heavy atom. The number of amides is 1. The van der Waals surface area contributed by atoms with Gasteiger partial charge in [-0.2, -0.15) is 0 Å². The second kappa shape index (κ2) is 10.0. The zero-order chi connectivity index (χ0) is 21.4. The maximum Gasteiger partial charge on any atom is 0.338 e. The number of nitrogens with one attached hydrogen (secondary N) is 1. The van der Waals surface area contributed by atoms with Crippen molar-refractivity contribution in [3.63, 3.8) is 0 Å². The summed E-state index contributed by atoms with van der Waals surface area (Å²) < 4.78 is 37.4. The zero-order valence-corrected chi connectivity index (χ0v) is 17.2. The summed E-state index contributed by atoms with van der Waals surface area (Å²) >= 11 is 0. The lowest BCUT2D eigenvalue weighted by molar-refractivity contribution is -0.133. The number of carbonyl (C=O) groups is 2. The molecule has 0 saturated carbocycles. The fraction of sp³-hybridized carbons (Fsp3) is 0.300. The normalized spacial score (nSPS) is 11.1. The first-order valence-corrected chi connectivity index (χ1v) is 10.4. The van der Waals surface area contributed by atoms with E-state index in [9.17, 15) is 18.0 Å². The van der Waals surface area contributed by atoms with Crippen LogP contribution in [0.4, 0.5) is 0 Å². The molecule has 2 rings (SSSR count). The van der Waals surface area contributed by atoms with Crippen LogP contribution in [0.2, 0.25) is 0 Å². The van der Waals surface area contributed by atoms with Gasteiger partial charge in [0.2, 0.25) is 10.0 Å². The van der Waals surface area contributed by atoms with E-state index in [1.807, 2.05) is 6.92 Å². The quantitative estimate of drug-likeness (QED) is 0.467. The van der Waals surface area contributed by atoms with E-state index >= 15 is 0 Å². The number of likely N-dealkylation sites (N-methyl/N-ethyl adjacent to an activating group) is 1. The summed E-state index contributed by atoms with van der Waals surface area (Å²) in [7, 11) is -3.86. The lowest BCUT2D eigenvalue weighted by Crippen LogP contribution is -2.35. The number of rotatable bonds is 10. The van der Waals surface area contributed by atoms with E-state index in [0.29, 0.717) is 18.8 Å². The average molecular weight is 420 g/mol. The van der Waals surface area contributed by atoms with Gasteiger partial charge in [-0.25, -0.2) is 17.9 Å². The number of esters is 1. The van der Waals surface area contributed by atoms with Crippen LogP contribution in [0, 0.1) is 0 Å². The molecule has 2 aromatic rings. The zero-order valence-electron chi connectivity index (χ0n) is 16.4. The van der Waals surface area contributed by atoms with E-state index in [1.165, 1.54) is 35.4 Å². The number of furan rings is 1. The number of ether oxygens (including phenoxy) is 1. The van der Waals surface area contributed by atoms with Gasteiger partial charge in [-0.15, -0.1) is 0 Å². The van der Waals surface area contributed by atoms with Crippen LogP contribution < -0.4 is 4.72 Å². The average Bonchev–Trinajstić information content (AvgIpc) is 3.22. The number of hydrogen-bond acceptors (Lipinski definition) is 6. The molecule has 1 amide bonds. The Hall–Kier alpha value is -2.91. The van der Waals surface area contributed by atoms with Gasteiger partial charge in [0.15, 0.2) is 6.61 Å². The van der Waals surface area contributed by atoms with Crippen LogP contribution in [0.3, 0.4) is 0 Å². The lowest BCUT2D eigenvalue weighted by Gasteiger charge is -2.20. The second-order valence-corrected chi connectivity index (χ2v) is 8.14.